The van der Waals surface area contributed by atoms with Crippen LogP contribution in [0.25, 0.3) is 0 Å². The van der Waals surface area contributed by atoms with Gasteiger partial charge in [-0.05, 0) is 26.3 Å². The number of hydrogen-bond acceptors (Lipinski definition) is 5. The zero-order chi connectivity index (χ0) is 11.8. The quantitative estimate of drug-likeness (QED) is 0.652. The summed E-state index contributed by atoms with van der Waals surface area (Å²) in [5.74, 6) is 1.70. The van der Waals surface area contributed by atoms with E-state index in [9.17, 15) is 0 Å². The lowest BCUT2D eigenvalue weighted by Gasteiger charge is -2.13. The first-order valence-corrected chi connectivity index (χ1v) is 5.78. The molecule has 5 nitrogen and oxygen atoms in total. The Bertz CT molecular complexity index is 302. The Hall–Kier alpha value is -1.36. The minimum atomic E-state index is 0.332. The smallest absolute Gasteiger partial charge is 0.131 e. The van der Waals surface area contributed by atoms with Gasteiger partial charge >= 0.3 is 0 Å². The molecule has 0 bridgehead atoms. The molecular weight excluding hydrogens is 202 g/mol. The maximum atomic E-state index is 5.49. The molecule has 0 radical (unpaired) electrons. The van der Waals surface area contributed by atoms with Crippen molar-refractivity contribution in [1.29, 1.82) is 0 Å². The summed E-state index contributed by atoms with van der Waals surface area (Å²) in [5, 5.41) is 6.51. The van der Waals surface area contributed by atoms with E-state index in [2.05, 4.69) is 34.4 Å². The molecule has 0 saturated carbocycles. The molecule has 1 rings (SSSR count). The van der Waals surface area contributed by atoms with Gasteiger partial charge in [-0.25, -0.2) is 9.97 Å². The molecule has 0 aliphatic heterocycles. The Morgan fingerprint density at radius 1 is 1.38 bits per heavy atom. The van der Waals surface area contributed by atoms with Crippen molar-refractivity contribution >= 4 is 11.6 Å². The molecule has 4 N–H and O–H groups in total. The van der Waals surface area contributed by atoms with E-state index < -0.39 is 0 Å². The SMILES string of the molecule is CCCNc1cc(NC(C)CCN)ncn1. The summed E-state index contributed by atoms with van der Waals surface area (Å²) >= 11 is 0. The van der Waals surface area contributed by atoms with Crippen molar-refractivity contribution in [3.63, 3.8) is 0 Å². The Labute approximate surface area is 96.9 Å². The molecule has 1 heterocycles. The summed E-state index contributed by atoms with van der Waals surface area (Å²) in [4.78, 5) is 8.31. The molecule has 90 valence electrons. The average Bonchev–Trinajstić information content (AvgIpc) is 2.27. The predicted molar refractivity (Wildman–Crippen MR) is 67.6 cm³/mol. The fourth-order valence-corrected chi connectivity index (χ4v) is 1.36. The van der Waals surface area contributed by atoms with Crippen molar-refractivity contribution in [3.8, 4) is 0 Å². The maximum absolute atomic E-state index is 5.49. The summed E-state index contributed by atoms with van der Waals surface area (Å²) in [6.45, 7) is 5.82. The number of aromatic nitrogens is 2. The first-order valence-electron chi connectivity index (χ1n) is 5.78. The third-order valence-corrected chi connectivity index (χ3v) is 2.22. The van der Waals surface area contributed by atoms with Gasteiger partial charge in [0.1, 0.15) is 18.0 Å². The maximum Gasteiger partial charge on any atom is 0.131 e. The second kappa shape index (κ2) is 7.00. The number of rotatable bonds is 7. The van der Waals surface area contributed by atoms with Crippen molar-refractivity contribution in [3.05, 3.63) is 12.4 Å². The Balaban J connectivity index is 2.52. The zero-order valence-corrected chi connectivity index (χ0v) is 10.0. The van der Waals surface area contributed by atoms with Gasteiger partial charge in [0.2, 0.25) is 0 Å². The molecule has 0 aliphatic carbocycles. The van der Waals surface area contributed by atoms with Crippen molar-refractivity contribution in [1.82, 2.24) is 9.97 Å². The number of anilines is 2. The largest absolute Gasteiger partial charge is 0.370 e. The second-order valence-electron chi connectivity index (χ2n) is 3.84. The van der Waals surface area contributed by atoms with Gasteiger partial charge in [-0.3, -0.25) is 0 Å². The molecule has 1 atom stereocenters. The summed E-state index contributed by atoms with van der Waals surface area (Å²) in [6.07, 6.45) is 3.58. The second-order valence-corrected chi connectivity index (χ2v) is 3.84. The Morgan fingerprint density at radius 2 is 2.12 bits per heavy atom. The topological polar surface area (TPSA) is 75.9 Å². The molecule has 5 heteroatoms. The van der Waals surface area contributed by atoms with Crippen molar-refractivity contribution in [2.75, 3.05) is 23.7 Å². The highest BCUT2D eigenvalue weighted by Crippen LogP contribution is 2.10. The standard InChI is InChI=1S/C11H21N5/c1-3-6-13-10-7-11(15-8-14-10)16-9(2)4-5-12/h7-9H,3-6,12H2,1-2H3,(H2,13,14,15,16). The third-order valence-electron chi connectivity index (χ3n) is 2.22. The lowest BCUT2D eigenvalue weighted by molar-refractivity contribution is 0.713. The van der Waals surface area contributed by atoms with Crippen LogP contribution in [0.5, 0.6) is 0 Å². The number of nitrogens with one attached hydrogen (secondary N) is 2. The lowest BCUT2D eigenvalue weighted by Crippen LogP contribution is -2.20. The monoisotopic (exact) mass is 223 g/mol. The van der Waals surface area contributed by atoms with E-state index in [1.165, 1.54) is 0 Å². The van der Waals surface area contributed by atoms with Crippen LogP contribution in [0, 0.1) is 0 Å². The van der Waals surface area contributed by atoms with E-state index in [0.717, 1.165) is 31.0 Å². The van der Waals surface area contributed by atoms with E-state index in [4.69, 9.17) is 5.73 Å². The van der Waals surface area contributed by atoms with E-state index in [-0.39, 0.29) is 0 Å². The van der Waals surface area contributed by atoms with Crippen LogP contribution in [-0.4, -0.2) is 29.1 Å². The molecule has 0 aliphatic rings. The molecule has 0 aromatic carbocycles. The molecule has 0 fully saturated rings. The minimum absolute atomic E-state index is 0.332. The van der Waals surface area contributed by atoms with Gasteiger partial charge in [-0.1, -0.05) is 6.92 Å². The van der Waals surface area contributed by atoms with E-state index >= 15 is 0 Å². The minimum Gasteiger partial charge on any atom is -0.370 e. The highest BCUT2D eigenvalue weighted by molar-refractivity contribution is 5.46. The average molecular weight is 223 g/mol. The first kappa shape index (κ1) is 12.7. The summed E-state index contributed by atoms with van der Waals surface area (Å²) in [5.41, 5.74) is 5.49. The molecular formula is C11H21N5. The van der Waals surface area contributed by atoms with Gasteiger partial charge in [0.25, 0.3) is 0 Å². The van der Waals surface area contributed by atoms with Gasteiger partial charge in [0.15, 0.2) is 0 Å². The van der Waals surface area contributed by atoms with Crippen LogP contribution >= 0.6 is 0 Å². The van der Waals surface area contributed by atoms with Crippen LogP contribution in [-0.2, 0) is 0 Å². The van der Waals surface area contributed by atoms with Crippen molar-refractivity contribution in [2.24, 2.45) is 5.73 Å². The molecule has 0 amide bonds. The summed E-state index contributed by atoms with van der Waals surface area (Å²) in [6, 6.07) is 2.25. The van der Waals surface area contributed by atoms with Crippen LogP contribution in [0.15, 0.2) is 12.4 Å². The van der Waals surface area contributed by atoms with Gasteiger partial charge in [0.05, 0.1) is 0 Å². The highest BCUT2D eigenvalue weighted by Gasteiger charge is 2.02. The first-order chi connectivity index (χ1) is 7.76. The lowest BCUT2D eigenvalue weighted by atomic mass is 10.2. The normalized spacial score (nSPS) is 12.2. The summed E-state index contributed by atoms with van der Waals surface area (Å²) < 4.78 is 0. The van der Waals surface area contributed by atoms with E-state index in [1.54, 1.807) is 6.33 Å². The van der Waals surface area contributed by atoms with Crippen LogP contribution in [0.4, 0.5) is 11.6 Å². The van der Waals surface area contributed by atoms with Gasteiger partial charge in [-0.2, -0.15) is 0 Å². The number of hydrogen-bond donors (Lipinski definition) is 3. The van der Waals surface area contributed by atoms with Gasteiger partial charge in [-0.15, -0.1) is 0 Å². The number of nitrogens with two attached hydrogens (primary N) is 1. The Morgan fingerprint density at radius 3 is 2.81 bits per heavy atom. The highest BCUT2D eigenvalue weighted by atomic mass is 15.1. The Kier molecular flexibility index (Phi) is 5.56. The van der Waals surface area contributed by atoms with E-state index in [0.29, 0.717) is 12.6 Å². The van der Waals surface area contributed by atoms with Crippen molar-refractivity contribution in [2.45, 2.75) is 32.7 Å². The van der Waals surface area contributed by atoms with E-state index in [1.807, 2.05) is 6.07 Å². The summed E-state index contributed by atoms with van der Waals surface area (Å²) in [7, 11) is 0. The van der Waals surface area contributed by atoms with Crippen LogP contribution in [0.2, 0.25) is 0 Å². The zero-order valence-electron chi connectivity index (χ0n) is 10.0. The van der Waals surface area contributed by atoms with Gasteiger partial charge in [0, 0.05) is 18.7 Å². The van der Waals surface area contributed by atoms with Gasteiger partial charge < -0.3 is 16.4 Å². The molecule has 0 saturated heterocycles. The number of nitrogens with zero attached hydrogens (tertiary/aromatic N) is 2. The molecule has 1 aromatic heterocycles. The molecule has 1 aromatic rings. The fourth-order valence-electron chi connectivity index (χ4n) is 1.36. The molecule has 0 spiro atoms. The molecule has 1 unspecified atom stereocenters. The third kappa shape index (κ3) is 4.44. The predicted octanol–water partition coefficient (Wildman–Crippen LogP) is 1.45. The van der Waals surface area contributed by atoms with Crippen LogP contribution < -0.4 is 16.4 Å². The van der Waals surface area contributed by atoms with Crippen LogP contribution in [0.1, 0.15) is 26.7 Å². The van der Waals surface area contributed by atoms with Crippen LogP contribution in [0.3, 0.4) is 0 Å². The molecule has 16 heavy (non-hydrogen) atoms. The van der Waals surface area contributed by atoms with Crippen molar-refractivity contribution < 1.29 is 0 Å². The fraction of sp³-hybridized carbons (Fsp3) is 0.636.